The fourth-order valence-electron chi connectivity index (χ4n) is 1.72. The lowest BCUT2D eigenvalue weighted by atomic mass is 9.96. The Labute approximate surface area is 95.9 Å². The van der Waals surface area contributed by atoms with Crippen LogP contribution in [0.1, 0.15) is 30.5 Å². The summed E-state index contributed by atoms with van der Waals surface area (Å²) in [5, 5.41) is 0. The third kappa shape index (κ3) is 3.45. The Hall–Kier alpha value is -0.300. The van der Waals surface area contributed by atoms with Crippen molar-refractivity contribution in [2.24, 2.45) is 5.92 Å². The average molecular weight is 255 g/mol. The van der Waals surface area contributed by atoms with Crippen LogP contribution in [0.2, 0.25) is 0 Å². The Morgan fingerprint density at radius 3 is 2.00 bits per heavy atom. The van der Waals surface area contributed by atoms with Gasteiger partial charge >= 0.3 is 0 Å². The van der Waals surface area contributed by atoms with Crippen LogP contribution >= 0.6 is 15.9 Å². The predicted molar refractivity (Wildman–Crippen MR) is 67.2 cm³/mol. The van der Waals surface area contributed by atoms with E-state index in [0.29, 0.717) is 10.7 Å². The highest BCUT2D eigenvalue weighted by Gasteiger charge is 2.09. The standard InChI is InChI=1S/C13H19Br/c1-9-5-10(2)7-13(6-9)8-11(3)12(4)14/h5-7,11-12H,8H2,1-4H3. The molecular formula is C13H19Br. The van der Waals surface area contributed by atoms with Gasteiger partial charge in [-0.3, -0.25) is 0 Å². The first-order valence-electron chi connectivity index (χ1n) is 5.20. The number of halogens is 1. The molecule has 0 saturated heterocycles. The van der Waals surface area contributed by atoms with Gasteiger partial charge in [0.15, 0.2) is 0 Å². The largest absolute Gasteiger partial charge is 0.0891 e. The van der Waals surface area contributed by atoms with Crippen LogP contribution in [-0.4, -0.2) is 4.83 Å². The quantitative estimate of drug-likeness (QED) is 0.708. The van der Waals surface area contributed by atoms with Crippen LogP contribution in [0, 0.1) is 19.8 Å². The highest BCUT2D eigenvalue weighted by molar-refractivity contribution is 9.09. The topological polar surface area (TPSA) is 0 Å². The fraction of sp³-hybridized carbons (Fsp3) is 0.538. The molecule has 0 heterocycles. The van der Waals surface area contributed by atoms with Gasteiger partial charge in [-0.05, 0) is 31.7 Å². The molecule has 1 aromatic rings. The summed E-state index contributed by atoms with van der Waals surface area (Å²) >= 11 is 3.63. The number of hydrogen-bond acceptors (Lipinski definition) is 0. The van der Waals surface area contributed by atoms with Gasteiger partial charge in [0.2, 0.25) is 0 Å². The summed E-state index contributed by atoms with van der Waals surface area (Å²) in [4.78, 5) is 0.586. The molecule has 78 valence electrons. The molecule has 0 nitrogen and oxygen atoms in total. The van der Waals surface area contributed by atoms with Crippen molar-refractivity contribution >= 4 is 15.9 Å². The van der Waals surface area contributed by atoms with Gasteiger partial charge < -0.3 is 0 Å². The SMILES string of the molecule is Cc1cc(C)cc(CC(C)C(C)Br)c1. The van der Waals surface area contributed by atoms with Crippen molar-refractivity contribution in [1.29, 1.82) is 0 Å². The van der Waals surface area contributed by atoms with Gasteiger partial charge in [0.05, 0.1) is 0 Å². The van der Waals surface area contributed by atoms with Gasteiger partial charge in [0.25, 0.3) is 0 Å². The number of aryl methyl sites for hydroxylation is 2. The first kappa shape index (κ1) is 11.8. The number of rotatable bonds is 3. The summed E-state index contributed by atoms with van der Waals surface area (Å²) in [7, 11) is 0. The molecular weight excluding hydrogens is 236 g/mol. The summed E-state index contributed by atoms with van der Waals surface area (Å²) in [6.45, 7) is 8.84. The molecule has 0 aliphatic rings. The van der Waals surface area contributed by atoms with Crippen molar-refractivity contribution in [1.82, 2.24) is 0 Å². The van der Waals surface area contributed by atoms with Crippen LogP contribution in [-0.2, 0) is 6.42 Å². The number of hydrogen-bond donors (Lipinski definition) is 0. The summed E-state index contributed by atoms with van der Waals surface area (Å²) < 4.78 is 0. The summed E-state index contributed by atoms with van der Waals surface area (Å²) in [6, 6.07) is 6.81. The van der Waals surface area contributed by atoms with E-state index in [-0.39, 0.29) is 0 Å². The van der Waals surface area contributed by atoms with Crippen LogP contribution in [0.15, 0.2) is 18.2 Å². The van der Waals surface area contributed by atoms with Crippen molar-refractivity contribution in [2.45, 2.75) is 38.9 Å². The van der Waals surface area contributed by atoms with Gasteiger partial charge in [0.1, 0.15) is 0 Å². The van der Waals surface area contributed by atoms with Gasteiger partial charge in [0, 0.05) is 4.83 Å². The minimum atomic E-state index is 0.586. The fourth-order valence-corrected chi connectivity index (χ4v) is 1.91. The zero-order valence-corrected chi connectivity index (χ0v) is 11.1. The van der Waals surface area contributed by atoms with E-state index in [0.717, 1.165) is 6.42 Å². The van der Waals surface area contributed by atoms with E-state index in [2.05, 4.69) is 61.8 Å². The predicted octanol–water partition coefficient (Wildman–Crippen LogP) is 4.27. The molecule has 0 aliphatic heterocycles. The van der Waals surface area contributed by atoms with Crippen LogP contribution in [0.4, 0.5) is 0 Å². The molecule has 1 rings (SSSR count). The minimum absolute atomic E-state index is 0.586. The molecule has 0 aliphatic carbocycles. The molecule has 0 aromatic heterocycles. The molecule has 0 spiro atoms. The Bertz CT molecular complexity index is 282. The lowest BCUT2D eigenvalue weighted by molar-refractivity contribution is 0.581. The van der Waals surface area contributed by atoms with E-state index < -0.39 is 0 Å². The van der Waals surface area contributed by atoms with Crippen molar-refractivity contribution in [2.75, 3.05) is 0 Å². The smallest absolute Gasteiger partial charge is 0.0146 e. The van der Waals surface area contributed by atoms with E-state index in [9.17, 15) is 0 Å². The Kier molecular flexibility index (Phi) is 4.18. The second kappa shape index (κ2) is 4.97. The molecule has 0 saturated carbocycles. The maximum atomic E-state index is 3.63. The monoisotopic (exact) mass is 254 g/mol. The highest BCUT2D eigenvalue weighted by Crippen LogP contribution is 2.19. The number of benzene rings is 1. The lowest BCUT2D eigenvalue weighted by Gasteiger charge is -2.14. The highest BCUT2D eigenvalue weighted by atomic mass is 79.9. The zero-order valence-electron chi connectivity index (χ0n) is 9.47. The molecule has 1 heteroatoms. The number of alkyl halides is 1. The molecule has 1 aromatic carbocycles. The first-order valence-corrected chi connectivity index (χ1v) is 6.12. The summed E-state index contributed by atoms with van der Waals surface area (Å²) in [5.41, 5.74) is 4.20. The van der Waals surface area contributed by atoms with E-state index in [1.54, 1.807) is 0 Å². The Morgan fingerprint density at radius 2 is 1.57 bits per heavy atom. The normalized spacial score (nSPS) is 15.2. The summed E-state index contributed by atoms with van der Waals surface area (Å²) in [6.07, 6.45) is 1.16. The lowest BCUT2D eigenvalue weighted by Crippen LogP contribution is -2.09. The zero-order chi connectivity index (χ0) is 10.7. The maximum Gasteiger partial charge on any atom is 0.0146 e. The van der Waals surface area contributed by atoms with Gasteiger partial charge in [-0.2, -0.15) is 0 Å². The van der Waals surface area contributed by atoms with Crippen LogP contribution in [0.3, 0.4) is 0 Å². The van der Waals surface area contributed by atoms with Crippen LogP contribution in [0.25, 0.3) is 0 Å². The van der Waals surface area contributed by atoms with Crippen molar-refractivity contribution in [3.63, 3.8) is 0 Å². The summed E-state index contributed by atoms with van der Waals surface area (Å²) in [5.74, 6) is 0.691. The second-order valence-electron chi connectivity index (χ2n) is 4.35. The second-order valence-corrected chi connectivity index (χ2v) is 5.80. The molecule has 0 bridgehead atoms. The molecule has 14 heavy (non-hydrogen) atoms. The minimum Gasteiger partial charge on any atom is -0.0891 e. The Morgan fingerprint density at radius 1 is 1.07 bits per heavy atom. The Balaban J connectivity index is 2.76. The molecule has 0 N–H and O–H groups in total. The maximum absolute atomic E-state index is 3.63. The molecule has 0 radical (unpaired) electrons. The molecule has 0 fully saturated rings. The third-order valence-electron chi connectivity index (χ3n) is 2.62. The third-order valence-corrected chi connectivity index (χ3v) is 3.53. The molecule has 2 unspecified atom stereocenters. The van der Waals surface area contributed by atoms with Gasteiger partial charge in [-0.25, -0.2) is 0 Å². The van der Waals surface area contributed by atoms with Gasteiger partial charge in [-0.1, -0.05) is 59.1 Å². The van der Waals surface area contributed by atoms with E-state index in [1.165, 1.54) is 16.7 Å². The van der Waals surface area contributed by atoms with Crippen LogP contribution in [0.5, 0.6) is 0 Å². The van der Waals surface area contributed by atoms with Crippen LogP contribution < -0.4 is 0 Å². The van der Waals surface area contributed by atoms with Crippen molar-refractivity contribution in [3.05, 3.63) is 34.9 Å². The van der Waals surface area contributed by atoms with Gasteiger partial charge in [-0.15, -0.1) is 0 Å². The van der Waals surface area contributed by atoms with E-state index in [1.807, 2.05) is 0 Å². The first-order chi connectivity index (χ1) is 6.49. The van der Waals surface area contributed by atoms with E-state index >= 15 is 0 Å². The molecule has 0 amide bonds. The van der Waals surface area contributed by atoms with Crippen molar-refractivity contribution in [3.8, 4) is 0 Å². The van der Waals surface area contributed by atoms with Crippen molar-refractivity contribution < 1.29 is 0 Å². The average Bonchev–Trinajstić information content (AvgIpc) is 2.01. The molecule has 2 atom stereocenters. The van der Waals surface area contributed by atoms with E-state index in [4.69, 9.17) is 0 Å².